The van der Waals surface area contributed by atoms with E-state index in [2.05, 4.69) is 35.1 Å². The lowest BCUT2D eigenvalue weighted by Crippen LogP contribution is -1.90. The molecule has 0 amide bonds. The molecule has 8 heavy (non-hydrogen) atoms. The molecule has 0 saturated carbocycles. The zero-order chi connectivity index (χ0) is 6.41. The van der Waals surface area contributed by atoms with Crippen molar-refractivity contribution in [3.8, 4) is 0 Å². The fraction of sp³-hybridized carbons (Fsp3) is 1.00. The van der Waals surface area contributed by atoms with Crippen LogP contribution in [-0.4, -0.2) is 5.25 Å². The minimum Gasteiger partial charge on any atom is -0.0862 e. The molecule has 0 aliphatic carbocycles. The molecule has 0 nitrogen and oxygen atoms in total. The molecule has 0 heterocycles. The third-order valence-corrected chi connectivity index (χ3v) is 4.26. The molecule has 0 aromatic heterocycles. The fourth-order valence-corrected chi connectivity index (χ4v) is 1.55. The predicted octanol–water partition coefficient (Wildman–Crippen LogP) is 3.65. The van der Waals surface area contributed by atoms with Crippen molar-refractivity contribution in [2.24, 2.45) is 0 Å². The van der Waals surface area contributed by atoms with E-state index in [4.69, 9.17) is 0 Å². The van der Waals surface area contributed by atoms with Gasteiger partial charge < -0.3 is 0 Å². The van der Waals surface area contributed by atoms with E-state index in [0.29, 0.717) is 0 Å². The highest BCUT2D eigenvalue weighted by molar-refractivity contribution is 14.2. The van der Waals surface area contributed by atoms with E-state index in [1.165, 1.54) is 19.3 Å². The molecule has 0 saturated heterocycles. The summed E-state index contributed by atoms with van der Waals surface area (Å²) < 4.78 is 0. The van der Waals surface area contributed by atoms with Crippen LogP contribution in [0.3, 0.4) is 0 Å². The summed E-state index contributed by atoms with van der Waals surface area (Å²) in [6.07, 6.45) is 4.10. The molecule has 0 bridgehead atoms. The van der Waals surface area contributed by atoms with Gasteiger partial charge in [0.1, 0.15) is 0 Å². The number of unbranched alkanes of at least 4 members (excludes halogenated alkanes) is 1. The lowest BCUT2D eigenvalue weighted by atomic mass is 10.2. The Balaban J connectivity index is 2.86. The van der Waals surface area contributed by atoms with Crippen LogP contribution in [0, 0.1) is 0 Å². The number of halogens is 1. The van der Waals surface area contributed by atoms with Crippen molar-refractivity contribution >= 4 is 30.1 Å². The molecule has 2 heteroatoms. The van der Waals surface area contributed by atoms with Crippen LogP contribution in [0.1, 0.15) is 33.1 Å². The van der Waals surface area contributed by atoms with Crippen LogP contribution in [0.5, 0.6) is 0 Å². The van der Waals surface area contributed by atoms with Gasteiger partial charge in [-0.1, -0.05) is 35.6 Å². The maximum absolute atomic E-state index is 2.37. The van der Waals surface area contributed by atoms with E-state index < -0.39 is 0 Å². The number of hydrogen-bond acceptors (Lipinski definition) is 1. The van der Waals surface area contributed by atoms with Crippen molar-refractivity contribution in [3.05, 3.63) is 0 Å². The monoisotopic (exact) mass is 244 g/mol. The van der Waals surface area contributed by atoms with Crippen LogP contribution in [-0.2, 0) is 0 Å². The SMILES string of the molecule is CCCCC(C)SI. The average Bonchev–Trinajstić information content (AvgIpc) is 1.83. The van der Waals surface area contributed by atoms with E-state index >= 15 is 0 Å². The van der Waals surface area contributed by atoms with Gasteiger partial charge in [0, 0.05) is 5.25 Å². The lowest BCUT2D eigenvalue weighted by molar-refractivity contribution is 0.715. The highest BCUT2D eigenvalue weighted by atomic mass is 127. The van der Waals surface area contributed by atoms with Gasteiger partial charge in [-0.05, 0) is 27.6 Å². The van der Waals surface area contributed by atoms with Crippen molar-refractivity contribution in [1.82, 2.24) is 0 Å². The van der Waals surface area contributed by atoms with E-state index in [1.54, 1.807) is 0 Å². The maximum Gasteiger partial charge on any atom is 0.0119 e. The summed E-state index contributed by atoms with van der Waals surface area (Å²) in [6, 6.07) is 0. The van der Waals surface area contributed by atoms with Crippen molar-refractivity contribution in [1.29, 1.82) is 0 Å². The first-order chi connectivity index (χ1) is 3.81. The Kier molecular flexibility index (Phi) is 7.04. The van der Waals surface area contributed by atoms with Crippen LogP contribution in [0.2, 0.25) is 0 Å². The van der Waals surface area contributed by atoms with E-state index in [0.717, 1.165) is 5.25 Å². The smallest absolute Gasteiger partial charge is 0.0119 e. The normalized spacial score (nSPS) is 13.9. The Morgan fingerprint density at radius 2 is 2.25 bits per heavy atom. The van der Waals surface area contributed by atoms with Gasteiger partial charge in [-0.25, -0.2) is 0 Å². The molecule has 0 fully saturated rings. The van der Waals surface area contributed by atoms with E-state index in [1.807, 2.05) is 8.93 Å². The van der Waals surface area contributed by atoms with Gasteiger partial charge in [0.2, 0.25) is 0 Å². The average molecular weight is 244 g/mol. The summed E-state index contributed by atoms with van der Waals surface area (Å²) in [5, 5.41) is 0.857. The Bertz CT molecular complexity index is 47.8. The molecule has 0 rings (SSSR count). The first-order valence-electron chi connectivity index (χ1n) is 3.08. The molecule has 0 N–H and O–H groups in total. The Morgan fingerprint density at radius 3 is 2.62 bits per heavy atom. The Morgan fingerprint density at radius 1 is 1.62 bits per heavy atom. The third kappa shape index (κ3) is 5.22. The molecular formula is C6H13IS. The molecule has 0 aromatic carbocycles. The largest absolute Gasteiger partial charge is 0.0862 e. The van der Waals surface area contributed by atoms with Crippen LogP contribution in [0.4, 0.5) is 0 Å². The van der Waals surface area contributed by atoms with Crippen molar-refractivity contribution in [3.63, 3.8) is 0 Å². The predicted molar refractivity (Wildman–Crippen MR) is 50.6 cm³/mol. The highest BCUT2D eigenvalue weighted by Gasteiger charge is 1.96. The first-order valence-corrected chi connectivity index (χ1v) is 6.51. The van der Waals surface area contributed by atoms with E-state index in [9.17, 15) is 0 Å². The quantitative estimate of drug-likeness (QED) is 0.680. The summed E-state index contributed by atoms with van der Waals surface area (Å²) in [7, 11) is 1.93. The first kappa shape index (κ1) is 9.08. The molecule has 1 atom stereocenters. The Labute approximate surface area is 68.4 Å². The third-order valence-electron chi connectivity index (χ3n) is 1.12. The molecule has 1 unspecified atom stereocenters. The number of rotatable bonds is 4. The Hall–Kier alpha value is 1.08. The second kappa shape index (κ2) is 6.20. The van der Waals surface area contributed by atoms with Crippen LogP contribution in [0.15, 0.2) is 0 Å². The molecule has 50 valence electrons. The number of hydrogen-bond donors (Lipinski definition) is 0. The topological polar surface area (TPSA) is 0 Å². The van der Waals surface area contributed by atoms with Gasteiger partial charge in [-0.2, -0.15) is 0 Å². The zero-order valence-corrected chi connectivity index (χ0v) is 8.46. The maximum atomic E-state index is 2.37. The fourth-order valence-electron chi connectivity index (χ4n) is 0.536. The van der Waals surface area contributed by atoms with Crippen LogP contribution >= 0.6 is 30.1 Å². The minimum atomic E-state index is 0.857. The van der Waals surface area contributed by atoms with Gasteiger partial charge in [-0.3, -0.25) is 0 Å². The molecule has 0 aliphatic rings. The second-order valence-corrected chi connectivity index (χ2v) is 4.55. The molecule has 0 aromatic rings. The molecule has 0 aliphatic heterocycles. The highest BCUT2D eigenvalue weighted by Crippen LogP contribution is 2.22. The van der Waals surface area contributed by atoms with Crippen LogP contribution < -0.4 is 0 Å². The van der Waals surface area contributed by atoms with E-state index in [-0.39, 0.29) is 0 Å². The van der Waals surface area contributed by atoms with Gasteiger partial charge in [0.15, 0.2) is 0 Å². The van der Waals surface area contributed by atoms with Gasteiger partial charge in [0.25, 0.3) is 0 Å². The summed E-state index contributed by atoms with van der Waals surface area (Å²) in [6.45, 7) is 4.53. The summed E-state index contributed by atoms with van der Waals surface area (Å²) in [5.74, 6) is 0. The molecule has 0 radical (unpaired) electrons. The van der Waals surface area contributed by atoms with Gasteiger partial charge >= 0.3 is 0 Å². The van der Waals surface area contributed by atoms with Crippen molar-refractivity contribution in [2.45, 2.75) is 38.4 Å². The van der Waals surface area contributed by atoms with Crippen molar-refractivity contribution in [2.75, 3.05) is 0 Å². The minimum absolute atomic E-state index is 0.857. The zero-order valence-electron chi connectivity index (χ0n) is 5.48. The molecule has 0 spiro atoms. The van der Waals surface area contributed by atoms with Gasteiger partial charge in [-0.15, -0.1) is 0 Å². The lowest BCUT2D eigenvalue weighted by Gasteiger charge is -2.02. The van der Waals surface area contributed by atoms with Crippen LogP contribution in [0.25, 0.3) is 0 Å². The van der Waals surface area contributed by atoms with Crippen molar-refractivity contribution < 1.29 is 0 Å². The summed E-state index contributed by atoms with van der Waals surface area (Å²) in [4.78, 5) is 0. The van der Waals surface area contributed by atoms with Gasteiger partial charge in [0.05, 0.1) is 0 Å². The molecular weight excluding hydrogens is 231 g/mol. The second-order valence-electron chi connectivity index (χ2n) is 2.04. The summed E-state index contributed by atoms with van der Waals surface area (Å²) in [5.41, 5.74) is 0. The standard InChI is InChI=1S/C6H13IS/c1-3-4-5-6(2)8-7/h6H,3-5H2,1-2H3. The summed E-state index contributed by atoms with van der Waals surface area (Å²) >= 11 is 2.37.